The van der Waals surface area contributed by atoms with Crippen LogP contribution in [0.2, 0.25) is 0 Å². The summed E-state index contributed by atoms with van der Waals surface area (Å²) in [7, 11) is 0. The lowest BCUT2D eigenvalue weighted by Crippen LogP contribution is -2.22. The first kappa shape index (κ1) is 13.7. The van der Waals surface area contributed by atoms with Crippen molar-refractivity contribution in [3.05, 3.63) is 34.6 Å². The molecule has 2 N–H and O–H groups in total. The molecule has 106 valence electrons. The largest absolute Gasteiger partial charge is 0.419 e. The third kappa shape index (κ3) is 2.92. The lowest BCUT2D eigenvalue weighted by atomic mass is 10.1. The van der Waals surface area contributed by atoms with E-state index in [2.05, 4.69) is 31.0 Å². The van der Waals surface area contributed by atoms with Crippen LogP contribution in [0.5, 0.6) is 0 Å². The summed E-state index contributed by atoms with van der Waals surface area (Å²) < 4.78 is 6.71. The van der Waals surface area contributed by atoms with Crippen LogP contribution >= 0.6 is 15.9 Å². The Morgan fingerprint density at radius 2 is 2.20 bits per heavy atom. The summed E-state index contributed by atoms with van der Waals surface area (Å²) in [6, 6.07) is 7.84. The van der Waals surface area contributed by atoms with Gasteiger partial charge in [-0.15, -0.1) is 10.2 Å². The van der Waals surface area contributed by atoms with E-state index >= 15 is 0 Å². The molecule has 1 saturated heterocycles. The molecule has 2 aromatic rings. The van der Waals surface area contributed by atoms with E-state index in [1.54, 1.807) is 0 Å². The van der Waals surface area contributed by atoms with E-state index in [9.17, 15) is 0 Å². The van der Waals surface area contributed by atoms with Gasteiger partial charge in [-0.1, -0.05) is 12.1 Å². The highest BCUT2D eigenvalue weighted by atomic mass is 79.9. The van der Waals surface area contributed by atoms with Crippen molar-refractivity contribution in [3.63, 3.8) is 0 Å². The fourth-order valence-corrected chi connectivity index (χ4v) is 2.96. The zero-order chi connectivity index (χ0) is 13.9. The maximum Gasteiger partial charge on any atom is 0.248 e. The van der Waals surface area contributed by atoms with Crippen molar-refractivity contribution in [1.82, 2.24) is 15.1 Å². The second kappa shape index (κ2) is 6.03. The van der Waals surface area contributed by atoms with Crippen molar-refractivity contribution in [3.8, 4) is 11.5 Å². The molecule has 20 heavy (non-hydrogen) atoms. The number of nitrogens with zero attached hydrogens (tertiary/aromatic N) is 3. The molecule has 6 heteroatoms. The number of nitrogens with two attached hydrogens (primary N) is 1. The summed E-state index contributed by atoms with van der Waals surface area (Å²) in [4.78, 5) is 2.31. The fourth-order valence-electron chi connectivity index (χ4n) is 2.50. The maximum atomic E-state index is 5.76. The van der Waals surface area contributed by atoms with Gasteiger partial charge < -0.3 is 10.2 Å². The molecule has 1 aromatic carbocycles. The van der Waals surface area contributed by atoms with Gasteiger partial charge in [-0.3, -0.25) is 4.90 Å². The van der Waals surface area contributed by atoms with Crippen molar-refractivity contribution in [2.45, 2.75) is 13.0 Å². The van der Waals surface area contributed by atoms with Crippen LogP contribution in [0.25, 0.3) is 11.5 Å². The molecule has 1 aliphatic heterocycles. The van der Waals surface area contributed by atoms with Gasteiger partial charge >= 0.3 is 0 Å². The SMILES string of the molecule is NCC1CCN(Cc2nnc(-c3ccccc3Br)o2)C1. The molecule has 0 aliphatic carbocycles. The molecule has 0 radical (unpaired) electrons. The second-order valence-electron chi connectivity index (χ2n) is 5.11. The van der Waals surface area contributed by atoms with Gasteiger partial charge in [0.15, 0.2) is 0 Å². The highest BCUT2D eigenvalue weighted by Crippen LogP contribution is 2.27. The maximum absolute atomic E-state index is 5.76. The Kier molecular flexibility index (Phi) is 4.14. The Balaban J connectivity index is 1.70. The minimum atomic E-state index is 0.557. The third-order valence-electron chi connectivity index (χ3n) is 3.63. The lowest BCUT2D eigenvalue weighted by Gasteiger charge is -2.12. The number of halogens is 1. The van der Waals surface area contributed by atoms with E-state index in [0.29, 0.717) is 24.2 Å². The Morgan fingerprint density at radius 3 is 2.95 bits per heavy atom. The zero-order valence-electron chi connectivity index (χ0n) is 11.1. The summed E-state index contributed by atoms with van der Waals surface area (Å²) in [5.41, 5.74) is 6.63. The van der Waals surface area contributed by atoms with E-state index in [1.807, 2.05) is 24.3 Å². The van der Waals surface area contributed by atoms with E-state index < -0.39 is 0 Å². The summed E-state index contributed by atoms with van der Waals surface area (Å²) in [5, 5.41) is 8.27. The monoisotopic (exact) mass is 336 g/mol. The molecule has 1 unspecified atom stereocenters. The molecular weight excluding hydrogens is 320 g/mol. The molecule has 0 saturated carbocycles. The average molecular weight is 337 g/mol. The Morgan fingerprint density at radius 1 is 1.35 bits per heavy atom. The first-order valence-corrected chi connectivity index (χ1v) is 7.55. The van der Waals surface area contributed by atoms with Gasteiger partial charge in [-0.25, -0.2) is 0 Å². The van der Waals surface area contributed by atoms with Crippen LogP contribution in [0.3, 0.4) is 0 Å². The number of hydrogen-bond acceptors (Lipinski definition) is 5. The predicted molar refractivity (Wildman–Crippen MR) is 79.9 cm³/mol. The summed E-state index contributed by atoms with van der Waals surface area (Å²) in [6.07, 6.45) is 1.15. The van der Waals surface area contributed by atoms with Crippen LogP contribution in [0.1, 0.15) is 12.3 Å². The Hall–Kier alpha value is -1.24. The molecule has 1 aliphatic rings. The number of likely N-dealkylation sites (tertiary alicyclic amines) is 1. The second-order valence-corrected chi connectivity index (χ2v) is 5.96. The quantitative estimate of drug-likeness (QED) is 0.927. The molecule has 5 nitrogen and oxygen atoms in total. The number of hydrogen-bond donors (Lipinski definition) is 1. The van der Waals surface area contributed by atoms with Crippen LogP contribution in [-0.4, -0.2) is 34.7 Å². The van der Waals surface area contributed by atoms with Gasteiger partial charge in [-0.05, 0) is 53.5 Å². The normalized spacial score (nSPS) is 19.6. The van der Waals surface area contributed by atoms with E-state index in [1.165, 1.54) is 0 Å². The Bertz CT molecular complexity index is 586. The third-order valence-corrected chi connectivity index (χ3v) is 4.32. The molecular formula is C14H17BrN4O. The standard InChI is InChI=1S/C14H17BrN4O/c15-12-4-2-1-3-11(12)14-18-17-13(20-14)9-19-6-5-10(7-16)8-19/h1-4,10H,5-9,16H2. The molecule has 0 bridgehead atoms. The van der Waals surface area contributed by atoms with Crippen LogP contribution in [0.4, 0.5) is 0 Å². The van der Waals surface area contributed by atoms with Crippen LogP contribution in [0.15, 0.2) is 33.2 Å². The Labute approximate surface area is 126 Å². The van der Waals surface area contributed by atoms with Gasteiger partial charge in [0.25, 0.3) is 0 Å². The van der Waals surface area contributed by atoms with Crippen LogP contribution in [-0.2, 0) is 6.54 Å². The molecule has 1 aromatic heterocycles. The van der Waals surface area contributed by atoms with Crippen molar-refractivity contribution in [2.24, 2.45) is 11.7 Å². The topological polar surface area (TPSA) is 68.2 Å². The average Bonchev–Trinajstić information content (AvgIpc) is 3.09. The summed E-state index contributed by atoms with van der Waals surface area (Å²) >= 11 is 3.50. The lowest BCUT2D eigenvalue weighted by molar-refractivity contribution is 0.282. The van der Waals surface area contributed by atoms with Crippen molar-refractivity contribution in [1.29, 1.82) is 0 Å². The van der Waals surface area contributed by atoms with Crippen LogP contribution < -0.4 is 5.73 Å². The number of aromatic nitrogens is 2. The molecule has 3 rings (SSSR count). The first-order chi connectivity index (χ1) is 9.76. The van der Waals surface area contributed by atoms with Gasteiger partial charge in [0.1, 0.15) is 0 Å². The van der Waals surface area contributed by atoms with Crippen molar-refractivity contribution >= 4 is 15.9 Å². The highest BCUT2D eigenvalue weighted by Gasteiger charge is 2.23. The van der Waals surface area contributed by atoms with E-state index in [4.69, 9.17) is 10.2 Å². The van der Waals surface area contributed by atoms with Gasteiger partial charge in [0, 0.05) is 11.0 Å². The highest BCUT2D eigenvalue weighted by molar-refractivity contribution is 9.10. The van der Waals surface area contributed by atoms with Gasteiger partial charge in [0.2, 0.25) is 11.8 Å². The molecule has 0 amide bonds. The van der Waals surface area contributed by atoms with Crippen molar-refractivity contribution in [2.75, 3.05) is 19.6 Å². The minimum absolute atomic E-state index is 0.557. The first-order valence-electron chi connectivity index (χ1n) is 6.76. The number of benzene rings is 1. The van der Waals surface area contributed by atoms with E-state index in [0.717, 1.165) is 36.1 Å². The summed E-state index contributed by atoms with van der Waals surface area (Å²) in [6.45, 7) is 3.52. The van der Waals surface area contributed by atoms with Crippen molar-refractivity contribution < 1.29 is 4.42 Å². The fraction of sp³-hybridized carbons (Fsp3) is 0.429. The molecule has 1 atom stereocenters. The van der Waals surface area contributed by atoms with Gasteiger partial charge in [0.05, 0.1) is 12.1 Å². The molecule has 1 fully saturated rings. The summed E-state index contributed by atoms with van der Waals surface area (Å²) in [5.74, 6) is 1.82. The predicted octanol–water partition coefficient (Wildman–Crippen LogP) is 2.28. The zero-order valence-corrected chi connectivity index (χ0v) is 12.7. The van der Waals surface area contributed by atoms with Crippen LogP contribution in [0, 0.1) is 5.92 Å². The smallest absolute Gasteiger partial charge is 0.248 e. The molecule has 2 heterocycles. The van der Waals surface area contributed by atoms with Gasteiger partial charge in [-0.2, -0.15) is 0 Å². The van der Waals surface area contributed by atoms with E-state index in [-0.39, 0.29) is 0 Å². The number of rotatable bonds is 4. The minimum Gasteiger partial charge on any atom is -0.419 e. The molecule has 0 spiro atoms.